The normalized spacial score (nSPS) is 9.07. The molecule has 0 aromatic heterocycles. The fourth-order valence-corrected chi connectivity index (χ4v) is 1.61. The van der Waals surface area contributed by atoms with Crippen molar-refractivity contribution in [2.75, 3.05) is 0 Å². The summed E-state index contributed by atoms with van der Waals surface area (Å²) in [5, 5.41) is 0.556. The Hall–Kier alpha value is -0.780. The van der Waals surface area contributed by atoms with Crippen LogP contribution in [0.4, 0.5) is 0 Å². The summed E-state index contributed by atoms with van der Waals surface area (Å²) in [7, 11) is 0. The van der Waals surface area contributed by atoms with Gasteiger partial charge in [0, 0.05) is 15.1 Å². The maximum absolute atomic E-state index is 11.6. The lowest BCUT2D eigenvalue weighted by Crippen LogP contribution is -1.98. The zero-order valence-corrected chi connectivity index (χ0v) is 9.95. The van der Waals surface area contributed by atoms with E-state index in [4.69, 9.17) is 11.6 Å². The minimum absolute atomic E-state index is 0.0197. The summed E-state index contributed by atoms with van der Waals surface area (Å²) in [6.07, 6.45) is 0.232. The Morgan fingerprint density at radius 3 is 2.93 bits per heavy atom. The number of hydrogen-bond donors (Lipinski definition) is 0. The zero-order chi connectivity index (χ0) is 10.6. The average Bonchev–Trinajstić information content (AvgIpc) is 2.18. The highest BCUT2D eigenvalue weighted by Gasteiger charge is 2.08. The molecule has 0 aliphatic carbocycles. The predicted octanol–water partition coefficient (Wildman–Crippen LogP) is 3.70. The van der Waals surface area contributed by atoms with Gasteiger partial charge in [-0.25, -0.2) is 0 Å². The maximum atomic E-state index is 11.6. The summed E-state index contributed by atoms with van der Waals surface area (Å²) in [5.74, 6) is 5.39. The van der Waals surface area contributed by atoms with Gasteiger partial charge >= 0.3 is 0 Å². The Labute approximate surface area is 96.6 Å². The van der Waals surface area contributed by atoms with E-state index in [0.29, 0.717) is 10.6 Å². The minimum Gasteiger partial charge on any atom is -0.293 e. The fourth-order valence-electron chi connectivity index (χ4n) is 0.975. The van der Waals surface area contributed by atoms with Crippen LogP contribution in [-0.2, 0) is 0 Å². The molecular formula is C11H8BrClO. The molecule has 0 unspecified atom stereocenters. The first-order chi connectivity index (χ1) is 6.65. The van der Waals surface area contributed by atoms with Crippen molar-refractivity contribution in [3.8, 4) is 11.8 Å². The van der Waals surface area contributed by atoms with Crippen molar-refractivity contribution in [3.05, 3.63) is 33.3 Å². The molecule has 0 spiro atoms. The second kappa shape index (κ2) is 5.19. The summed E-state index contributed by atoms with van der Waals surface area (Å²) in [4.78, 5) is 11.6. The van der Waals surface area contributed by atoms with Gasteiger partial charge in [-0.3, -0.25) is 4.79 Å². The monoisotopic (exact) mass is 270 g/mol. The third-order valence-electron chi connectivity index (χ3n) is 1.65. The summed E-state index contributed by atoms with van der Waals surface area (Å²) in [6.45, 7) is 1.71. The van der Waals surface area contributed by atoms with Crippen molar-refractivity contribution in [2.24, 2.45) is 0 Å². The number of rotatable bonds is 2. The van der Waals surface area contributed by atoms with Crippen LogP contribution in [0.5, 0.6) is 0 Å². The topological polar surface area (TPSA) is 17.1 Å². The largest absolute Gasteiger partial charge is 0.293 e. The van der Waals surface area contributed by atoms with Gasteiger partial charge in [0.15, 0.2) is 5.78 Å². The van der Waals surface area contributed by atoms with Gasteiger partial charge in [-0.15, -0.1) is 5.92 Å². The van der Waals surface area contributed by atoms with Crippen molar-refractivity contribution in [2.45, 2.75) is 13.3 Å². The number of ketones is 1. The molecule has 1 nitrogen and oxygen atoms in total. The summed E-state index contributed by atoms with van der Waals surface area (Å²) >= 11 is 9.08. The minimum atomic E-state index is -0.0197. The lowest BCUT2D eigenvalue weighted by molar-refractivity contribution is 0.0997. The SMILES string of the molecule is CC#CCC(=O)c1cc(Cl)ccc1Br. The van der Waals surface area contributed by atoms with E-state index in [0.717, 1.165) is 4.47 Å². The Morgan fingerprint density at radius 1 is 1.57 bits per heavy atom. The van der Waals surface area contributed by atoms with Crippen LogP contribution in [0.2, 0.25) is 5.02 Å². The number of halogens is 2. The van der Waals surface area contributed by atoms with Gasteiger partial charge in [0.25, 0.3) is 0 Å². The number of carbonyl (C=O) groups is 1. The molecule has 14 heavy (non-hydrogen) atoms. The first-order valence-corrected chi connectivity index (χ1v) is 5.20. The standard InChI is InChI=1S/C11H8BrClO/c1-2-3-4-11(14)9-7-8(13)5-6-10(9)12/h5-7H,4H2,1H3. The highest BCUT2D eigenvalue weighted by atomic mass is 79.9. The van der Waals surface area contributed by atoms with E-state index < -0.39 is 0 Å². The van der Waals surface area contributed by atoms with Gasteiger partial charge in [0.1, 0.15) is 0 Å². The van der Waals surface area contributed by atoms with Gasteiger partial charge in [-0.2, -0.15) is 0 Å². The van der Waals surface area contributed by atoms with Crippen LogP contribution in [-0.4, -0.2) is 5.78 Å². The molecule has 0 heterocycles. The molecule has 1 rings (SSSR count). The quantitative estimate of drug-likeness (QED) is 0.592. The molecule has 0 fully saturated rings. The second-order valence-electron chi connectivity index (χ2n) is 2.65. The molecule has 0 aliphatic rings. The summed E-state index contributed by atoms with van der Waals surface area (Å²) in [5.41, 5.74) is 0.584. The number of carbonyl (C=O) groups excluding carboxylic acids is 1. The fraction of sp³-hybridized carbons (Fsp3) is 0.182. The highest BCUT2D eigenvalue weighted by molar-refractivity contribution is 9.10. The van der Waals surface area contributed by atoms with Crippen LogP contribution in [0.15, 0.2) is 22.7 Å². The van der Waals surface area contributed by atoms with E-state index in [-0.39, 0.29) is 12.2 Å². The molecular weight excluding hydrogens is 263 g/mol. The number of hydrogen-bond acceptors (Lipinski definition) is 1. The van der Waals surface area contributed by atoms with E-state index in [1.54, 1.807) is 25.1 Å². The Morgan fingerprint density at radius 2 is 2.29 bits per heavy atom. The summed E-state index contributed by atoms with van der Waals surface area (Å²) in [6, 6.07) is 5.13. The van der Waals surface area contributed by atoms with Crippen LogP contribution < -0.4 is 0 Å². The molecule has 72 valence electrons. The van der Waals surface area contributed by atoms with Gasteiger partial charge in [0.2, 0.25) is 0 Å². The molecule has 1 aromatic carbocycles. The van der Waals surface area contributed by atoms with E-state index in [1.807, 2.05) is 0 Å². The second-order valence-corrected chi connectivity index (χ2v) is 3.94. The van der Waals surface area contributed by atoms with E-state index in [2.05, 4.69) is 27.8 Å². The Balaban J connectivity index is 2.98. The first-order valence-electron chi connectivity index (χ1n) is 4.03. The van der Waals surface area contributed by atoms with Crippen molar-refractivity contribution in [1.29, 1.82) is 0 Å². The molecule has 0 saturated heterocycles. The smallest absolute Gasteiger partial charge is 0.175 e. The molecule has 0 aliphatic heterocycles. The average molecular weight is 272 g/mol. The van der Waals surface area contributed by atoms with Gasteiger partial charge < -0.3 is 0 Å². The molecule has 0 N–H and O–H groups in total. The van der Waals surface area contributed by atoms with Gasteiger partial charge in [-0.05, 0) is 25.1 Å². The molecule has 0 atom stereocenters. The number of benzene rings is 1. The highest BCUT2D eigenvalue weighted by Crippen LogP contribution is 2.22. The molecule has 0 radical (unpaired) electrons. The lowest BCUT2D eigenvalue weighted by atomic mass is 10.1. The lowest BCUT2D eigenvalue weighted by Gasteiger charge is -2.01. The van der Waals surface area contributed by atoms with Gasteiger partial charge in [-0.1, -0.05) is 33.5 Å². The van der Waals surface area contributed by atoms with E-state index in [1.165, 1.54) is 0 Å². The van der Waals surface area contributed by atoms with Crippen molar-refractivity contribution >= 4 is 33.3 Å². The van der Waals surface area contributed by atoms with E-state index in [9.17, 15) is 4.79 Å². The van der Waals surface area contributed by atoms with Gasteiger partial charge in [0.05, 0.1) is 6.42 Å². The molecule has 1 aromatic rings. The summed E-state index contributed by atoms with van der Waals surface area (Å²) < 4.78 is 0.754. The van der Waals surface area contributed by atoms with Crippen LogP contribution >= 0.6 is 27.5 Å². The third-order valence-corrected chi connectivity index (χ3v) is 2.58. The Bertz CT molecular complexity index is 415. The van der Waals surface area contributed by atoms with Crippen LogP contribution in [0.25, 0.3) is 0 Å². The first kappa shape index (κ1) is 11.3. The van der Waals surface area contributed by atoms with Crippen LogP contribution in [0, 0.1) is 11.8 Å². The van der Waals surface area contributed by atoms with Crippen molar-refractivity contribution < 1.29 is 4.79 Å². The maximum Gasteiger partial charge on any atom is 0.175 e. The molecule has 0 bridgehead atoms. The van der Waals surface area contributed by atoms with Crippen LogP contribution in [0.3, 0.4) is 0 Å². The molecule has 3 heteroatoms. The van der Waals surface area contributed by atoms with Crippen molar-refractivity contribution in [3.63, 3.8) is 0 Å². The van der Waals surface area contributed by atoms with Crippen LogP contribution in [0.1, 0.15) is 23.7 Å². The molecule has 0 amide bonds. The number of Topliss-reactive ketones (excluding diaryl/α,β-unsaturated/α-hetero) is 1. The predicted molar refractivity (Wildman–Crippen MR) is 61.5 cm³/mol. The zero-order valence-electron chi connectivity index (χ0n) is 7.60. The Kier molecular flexibility index (Phi) is 4.19. The molecule has 0 saturated carbocycles. The van der Waals surface area contributed by atoms with E-state index >= 15 is 0 Å². The third kappa shape index (κ3) is 2.87. The van der Waals surface area contributed by atoms with Crippen molar-refractivity contribution in [1.82, 2.24) is 0 Å².